The number of benzene rings is 1. The van der Waals surface area contributed by atoms with Gasteiger partial charge in [0.15, 0.2) is 0 Å². The molecular formula is C17H20F6N2O. The lowest BCUT2D eigenvalue weighted by Gasteiger charge is -2.38. The Labute approximate surface area is 147 Å². The monoisotopic (exact) mass is 382 g/mol. The molecule has 2 rings (SSSR count). The lowest BCUT2D eigenvalue weighted by atomic mass is 9.90. The number of rotatable bonds is 3. The Morgan fingerprint density at radius 2 is 1.77 bits per heavy atom. The number of halogens is 6. The number of aliphatic hydroxyl groups is 1. The van der Waals surface area contributed by atoms with Gasteiger partial charge in [-0.15, -0.1) is 0 Å². The van der Waals surface area contributed by atoms with Gasteiger partial charge in [0.1, 0.15) is 0 Å². The molecule has 0 spiro atoms. The highest BCUT2D eigenvalue weighted by molar-refractivity contribution is 5.69. The van der Waals surface area contributed by atoms with E-state index in [-0.39, 0.29) is 11.6 Å². The van der Waals surface area contributed by atoms with Crippen LogP contribution in [0.25, 0.3) is 6.08 Å². The molecule has 1 heterocycles. The number of anilines is 1. The van der Waals surface area contributed by atoms with Gasteiger partial charge >= 0.3 is 12.4 Å². The molecule has 1 aromatic carbocycles. The lowest BCUT2D eigenvalue weighted by molar-refractivity contribution is -0.376. The first-order valence-electron chi connectivity index (χ1n) is 8.04. The Kier molecular flexibility index (Phi) is 5.63. The number of hydrogen-bond donors (Lipinski definition) is 2. The summed E-state index contributed by atoms with van der Waals surface area (Å²) in [5.74, 6) is 0. The van der Waals surface area contributed by atoms with E-state index in [1.165, 1.54) is 18.2 Å². The summed E-state index contributed by atoms with van der Waals surface area (Å²) in [5, 5.41) is 12.8. The van der Waals surface area contributed by atoms with E-state index in [1.807, 2.05) is 11.8 Å². The van der Waals surface area contributed by atoms with Crippen LogP contribution in [0.3, 0.4) is 0 Å². The molecule has 2 N–H and O–H groups in total. The fourth-order valence-corrected chi connectivity index (χ4v) is 3.04. The van der Waals surface area contributed by atoms with Crippen molar-refractivity contribution in [1.29, 1.82) is 0 Å². The molecule has 0 amide bonds. The summed E-state index contributed by atoms with van der Waals surface area (Å²) in [4.78, 5) is 1.91. The maximum atomic E-state index is 13.1. The van der Waals surface area contributed by atoms with Crippen molar-refractivity contribution in [2.24, 2.45) is 0 Å². The highest BCUT2D eigenvalue weighted by Gasteiger charge is 2.71. The van der Waals surface area contributed by atoms with E-state index < -0.39 is 23.5 Å². The van der Waals surface area contributed by atoms with Crippen LogP contribution in [0.4, 0.5) is 32.0 Å². The molecule has 0 bridgehead atoms. The van der Waals surface area contributed by atoms with Gasteiger partial charge in [-0.1, -0.05) is 18.2 Å². The van der Waals surface area contributed by atoms with Crippen molar-refractivity contribution < 1.29 is 31.4 Å². The average Bonchev–Trinajstić information content (AvgIpc) is 2.53. The van der Waals surface area contributed by atoms with Crippen LogP contribution >= 0.6 is 0 Å². The van der Waals surface area contributed by atoms with E-state index in [1.54, 1.807) is 6.92 Å². The predicted molar refractivity (Wildman–Crippen MR) is 86.8 cm³/mol. The Balaban J connectivity index is 2.60. The number of piperazine rings is 1. The Morgan fingerprint density at radius 1 is 1.15 bits per heavy atom. The zero-order valence-corrected chi connectivity index (χ0v) is 14.2. The van der Waals surface area contributed by atoms with Crippen LogP contribution in [-0.2, 0) is 5.60 Å². The molecule has 1 saturated heterocycles. The fraction of sp³-hybridized carbons (Fsp3) is 0.529. The van der Waals surface area contributed by atoms with Gasteiger partial charge in [0.2, 0.25) is 0 Å². The zero-order valence-electron chi connectivity index (χ0n) is 14.2. The molecule has 9 heteroatoms. The Bertz CT molecular complexity index is 654. The molecule has 0 unspecified atom stereocenters. The van der Waals surface area contributed by atoms with E-state index >= 15 is 0 Å². The summed E-state index contributed by atoms with van der Waals surface area (Å²) >= 11 is 0. The minimum atomic E-state index is -5.90. The quantitative estimate of drug-likeness (QED) is 0.780. The van der Waals surface area contributed by atoms with Gasteiger partial charge in [0.25, 0.3) is 5.60 Å². The molecule has 1 atom stereocenters. The first-order chi connectivity index (χ1) is 11.9. The van der Waals surface area contributed by atoms with Crippen molar-refractivity contribution in [3.63, 3.8) is 0 Å². The van der Waals surface area contributed by atoms with Crippen molar-refractivity contribution in [2.75, 3.05) is 24.5 Å². The summed E-state index contributed by atoms with van der Waals surface area (Å²) in [6.07, 6.45) is -8.85. The van der Waals surface area contributed by atoms with Gasteiger partial charge < -0.3 is 15.3 Å². The number of hydrogen-bond acceptors (Lipinski definition) is 3. The molecule has 1 aliphatic heterocycles. The van der Waals surface area contributed by atoms with Crippen LogP contribution < -0.4 is 10.2 Å². The molecule has 146 valence electrons. The van der Waals surface area contributed by atoms with Crippen LogP contribution in [-0.4, -0.2) is 43.1 Å². The SMILES string of the molecule is C/C=C\c1cc(C(O)(C(F)(F)F)C(F)(F)F)ccc1N1CCNC[C@H]1C. The number of allylic oxidation sites excluding steroid dienone is 1. The van der Waals surface area contributed by atoms with Crippen molar-refractivity contribution in [3.05, 3.63) is 35.4 Å². The molecular weight excluding hydrogens is 362 g/mol. The summed E-state index contributed by atoms with van der Waals surface area (Å²) in [6, 6.07) is 2.67. The first-order valence-corrected chi connectivity index (χ1v) is 8.04. The third kappa shape index (κ3) is 3.55. The average molecular weight is 382 g/mol. The van der Waals surface area contributed by atoms with Crippen molar-refractivity contribution in [2.45, 2.75) is 37.8 Å². The third-order valence-electron chi connectivity index (χ3n) is 4.42. The molecule has 1 aliphatic rings. The van der Waals surface area contributed by atoms with Gasteiger partial charge in [-0.25, -0.2) is 0 Å². The summed E-state index contributed by atoms with van der Waals surface area (Å²) in [5.41, 5.74) is -5.47. The van der Waals surface area contributed by atoms with E-state index in [0.29, 0.717) is 31.4 Å². The summed E-state index contributed by atoms with van der Waals surface area (Å²) in [6.45, 7) is 5.37. The van der Waals surface area contributed by atoms with Crippen molar-refractivity contribution in [3.8, 4) is 0 Å². The van der Waals surface area contributed by atoms with Crippen molar-refractivity contribution >= 4 is 11.8 Å². The largest absolute Gasteiger partial charge is 0.430 e. The molecule has 0 aromatic heterocycles. The van der Waals surface area contributed by atoms with Crippen LogP contribution in [0.1, 0.15) is 25.0 Å². The van der Waals surface area contributed by atoms with Gasteiger partial charge in [0.05, 0.1) is 0 Å². The van der Waals surface area contributed by atoms with Crippen LogP contribution in [0.15, 0.2) is 24.3 Å². The Hall–Kier alpha value is -1.74. The first kappa shape index (κ1) is 20.6. The molecule has 26 heavy (non-hydrogen) atoms. The van der Waals surface area contributed by atoms with E-state index in [0.717, 1.165) is 6.07 Å². The normalized spacial score (nSPS) is 20.0. The minimum absolute atomic E-state index is 0.0164. The molecule has 0 saturated carbocycles. The topological polar surface area (TPSA) is 35.5 Å². The van der Waals surface area contributed by atoms with Gasteiger partial charge in [-0.3, -0.25) is 0 Å². The van der Waals surface area contributed by atoms with E-state index in [9.17, 15) is 31.4 Å². The number of nitrogens with one attached hydrogen (secondary N) is 1. The predicted octanol–water partition coefficient (Wildman–Crippen LogP) is 3.83. The van der Waals surface area contributed by atoms with Gasteiger partial charge in [-0.05, 0) is 31.5 Å². The number of nitrogens with zero attached hydrogens (tertiary/aromatic N) is 1. The smallest absolute Gasteiger partial charge is 0.369 e. The standard InChI is InChI=1S/C17H20F6N2O/c1-3-4-12-9-13(15(26,16(18,19)20)17(21,22)23)5-6-14(12)25-8-7-24-10-11(25)2/h3-6,9,11,24,26H,7-8,10H2,1-2H3/b4-3-/t11-/m1/s1. The molecule has 0 aliphatic carbocycles. The van der Waals surface area contributed by atoms with Crippen LogP contribution in [0, 0.1) is 0 Å². The van der Waals surface area contributed by atoms with Gasteiger partial charge in [-0.2, -0.15) is 26.3 Å². The lowest BCUT2D eigenvalue weighted by Crippen LogP contribution is -2.54. The number of alkyl halides is 6. The second-order valence-electron chi connectivity index (χ2n) is 6.23. The molecule has 3 nitrogen and oxygen atoms in total. The highest BCUT2D eigenvalue weighted by Crippen LogP contribution is 2.50. The second kappa shape index (κ2) is 7.11. The van der Waals surface area contributed by atoms with Crippen LogP contribution in [0.2, 0.25) is 0 Å². The molecule has 1 aromatic rings. The maximum absolute atomic E-state index is 13.1. The van der Waals surface area contributed by atoms with Crippen LogP contribution in [0.5, 0.6) is 0 Å². The third-order valence-corrected chi connectivity index (χ3v) is 4.42. The summed E-state index contributed by atoms with van der Waals surface area (Å²) < 4.78 is 78.7. The molecule has 0 radical (unpaired) electrons. The second-order valence-corrected chi connectivity index (χ2v) is 6.23. The fourth-order valence-electron chi connectivity index (χ4n) is 3.04. The Morgan fingerprint density at radius 3 is 2.27 bits per heavy atom. The summed E-state index contributed by atoms with van der Waals surface area (Å²) in [7, 11) is 0. The van der Waals surface area contributed by atoms with Crippen molar-refractivity contribution in [1.82, 2.24) is 5.32 Å². The van der Waals surface area contributed by atoms with E-state index in [2.05, 4.69) is 5.32 Å². The van der Waals surface area contributed by atoms with Gasteiger partial charge in [0, 0.05) is 36.9 Å². The molecule has 1 fully saturated rings. The van der Waals surface area contributed by atoms with E-state index in [4.69, 9.17) is 0 Å². The maximum Gasteiger partial charge on any atom is 0.430 e. The zero-order chi connectivity index (χ0) is 19.8. The minimum Gasteiger partial charge on any atom is -0.369 e. The highest BCUT2D eigenvalue weighted by atomic mass is 19.4.